The first kappa shape index (κ1) is 12.6. The highest BCUT2D eigenvalue weighted by Gasteiger charge is 2.14. The lowest BCUT2D eigenvalue weighted by molar-refractivity contribution is 0.419. The number of pyridine rings is 1. The van der Waals surface area contributed by atoms with Gasteiger partial charge in [0.25, 0.3) is 0 Å². The van der Waals surface area contributed by atoms with E-state index in [1.807, 2.05) is 42.5 Å². The van der Waals surface area contributed by atoms with Gasteiger partial charge in [-0.25, -0.2) is 0 Å². The van der Waals surface area contributed by atoms with Crippen molar-refractivity contribution in [1.29, 1.82) is 0 Å². The molecule has 0 saturated heterocycles. The quantitative estimate of drug-likeness (QED) is 0.555. The summed E-state index contributed by atoms with van der Waals surface area (Å²) in [6.07, 6.45) is 1.76. The van der Waals surface area contributed by atoms with Crippen molar-refractivity contribution in [2.24, 2.45) is 0 Å². The van der Waals surface area contributed by atoms with Gasteiger partial charge in [-0.05, 0) is 36.4 Å². The van der Waals surface area contributed by atoms with Crippen molar-refractivity contribution in [3.8, 4) is 17.0 Å². The molecule has 5 heteroatoms. The average molecular weight is 290 g/mol. The number of nitrogen functional groups attached to an aromatic ring is 1. The fraction of sp³-hybridized carbons (Fsp3) is 0.0588. The number of aromatic nitrogens is 3. The highest BCUT2D eigenvalue weighted by Crippen LogP contribution is 2.35. The normalized spacial score (nSPS) is 11.1. The zero-order valence-corrected chi connectivity index (χ0v) is 12.0. The number of methoxy groups -OCH3 is 1. The van der Waals surface area contributed by atoms with Crippen molar-refractivity contribution in [2.45, 2.75) is 0 Å². The van der Waals surface area contributed by atoms with Gasteiger partial charge in [-0.15, -0.1) is 0 Å². The lowest BCUT2D eigenvalue weighted by Gasteiger charge is -2.08. The molecule has 0 spiro atoms. The number of nitrogens with zero attached hydrogens (tertiary/aromatic N) is 2. The Labute approximate surface area is 126 Å². The van der Waals surface area contributed by atoms with Crippen LogP contribution in [0.2, 0.25) is 0 Å². The highest BCUT2D eigenvalue weighted by atomic mass is 16.5. The number of fused-ring (bicyclic) bond motifs is 2. The van der Waals surface area contributed by atoms with Crippen molar-refractivity contribution in [2.75, 3.05) is 12.8 Å². The molecular weight excluding hydrogens is 276 g/mol. The fourth-order valence-corrected chi connectivity index (χ4v) is 2.76. The van der Waals surface area contributed by atoms with Crippen LogP contribution in [0.15, 0.2) is 48.7 Å². The molecule has 0 amide bonds. The number of aromatic amines is 1. The summed E-state index contributed by atoms with van der Waals surface area (Å²) in [4.78, 5) is 4.43. The summed E-state index contributed by atoms with van der Waals surface area (Å²) < 4.78 is 5.40. The van der Waals surface area contributed by atoms with E-state index in [2.05, 4.69) is 15.2 Å². The lowest BCUT2D eigenvalue weighted by Crippen LogP contribution is -1.90. The summed E-state index contributed by atoms with van der Waals surface area (Å²) in [7, 11) is 1.65. The molecule has 2 heterocycles. The minimum absolute atomic E-state index is 0.712. The van der Waals surface area contributed by atoms with Crippen molar-refractivity contribution >= 4 is 27.5 Å². The van der Waals surface area contributed by atoms with E-state index in [9.17, 15) is 0 Å². The number of nitrogens with two attached hydrogens (primary N) is 1. The topological polar surface area (TPSA) is 76.8 Å². The number of hydrogen-bond acceptors (Lipinski definition) is 4. The van der Waals surface area contributed by atoms with E-state index in [0.29, 0.717) is 5.69 Å². The Balaban J connectivity index is 2.05. The molecule has 5 nitrogen and oxygen atoms in total. The van der Waals surface area contributed by atoms with Gasteiger partial charge >= 0.3 is 0 Å². The SMILES string of the molecule is COc1ccc(-c2n[nH]c3cc(N)ccc23)c2cccnc12. The summed E-state index contributed by atoms with van der Waals surface area (Å²) in [5.41, 5.74) is 10.2. The molecule has 4 aromatic rings. The summed E-state index contributed by atoms with van der Waals surface area (Å²) in [5.74, 6) is 0.753. The average Bonchev–Trinajstić information content (AvgIpc) is 2.96. The van der Waals surface area contributed by atoms with Crippen LogP contribution in [0.25, 0.3) is 33.1 Å². The van der Waals surface area contributed by atoms with Gasteiger partial charge in [0.1, 0.15) is 17.0 Å². The van der Waals surface area contributed by atoms with Crippen LogP contribution in [0.5, 0.6) is 5.75 Å². The first-order chi connectivity index (χ1) is 10.8. The number of benzene rings is 2. The molecule has 0 saturated carbocycles. The fourth-order valence-electron chi connectivity index (χ4n) is 2.76. The second-order valence-electron chi connectivity index (χ2n) is 5.09. The van der Waals surface area contributed by atoms with Crippen LogP contribution in [0, 0.1) is 0 Å². The third kappa shape index (κ3) is 1.79. The molecule has 22 heavy (non-hydrogen) atoms. The minimum atomic E-state index is 0.712. The predicted octanol–water partition coefficient (Wildman–Crippen LogP) is 3.37. The van der Waals surface area contributed by atoms with Crippen molar-refractivity contribution in [3.05, 3.63) is 48.7 Å². The summed E-state index contributed by atoms with van der Waals surface area (Å²) >= 11 is 0. The first-order valence-electron chi connectivity index (χ1n) is 6.93. The Bertz CT molecular complexity index is 990. The zero-order valence-electron chi connectivity index (χ0n) is 12.0. The van der Waals surface area contributed by atoms with Crippen LogP contribution in [-0.4, -0.2) is 22.3 Å². The number of rotatable bonds is 2. The maximum atomic E-state index is 5.83. The molecule has 0 bridgehead atoms. The Kier molecular flexibility index (Phi) is 2.72. The second-order valence-corrected chi connectivity index (χ2v) is 5.09. The van der Waals surface area contributed by atoms with E-state index in [1.165, 1.54) is 0 Å². The largest absolute Gasteiger partial charge is 0.494 e. The smallest absolute Gasteiger partial charge is 0.145 e. The molecular formula is C17H14N4O. The summed E-state index contributed by atoms with van der Waals surface area (Å²) in [5, 5.41) is 9.54. The second kappa shape index (κ2) is 4.73. The third-order valence-electron chi connectivity index (χ3n) is 3.79. The van der Waals surface area contributed by atoms with Gasteiger partial charge < -0.3 is 10.5 Å². The number of ether oxygens (including phenoxy) is 1. The Hall–Kier alpha value is -3.08. The molecule has 0 aliphatic heterocycles. The van der Waals surface area contributed by atoms with Crippen molar-refractivity contribution in [1.82, 2.24) is 15.2 Å². The Morgan fingerprint density at radius 3 is 2.86 bits per heavy atom. The standard InChI is InChI=1S/C17H14N4O/c1-22-15-7-6-12(11-3-2-8-19-17(11)15)16-13-5-4-10(18)9-14(13)20-21-16/h2-9H,18H2,1H3,(H,20,21). The zero-order chi connectivity index (χ0) is 15.1. The van der Waals surface area contributed by atoms with Crippen LogP contribution >= 0.6 is 0 Å². The maximum absolute atomic E-state index is 5.83. The van der Waals surface area contributed by atoms with Gasteiger partial charge in [-0.1, -0.05) is 6.07 Å². The van der Waals surface area contributed by atoms with E-state index >= 15 is 0 Å². The summed E-state index contributed by atoms with van der Waals surface area (Å²) in [6.45, 7) is 0. The number of hydrogen-bond donors (Lipinski definition) is 2. The third-order valence-corrected chi connectivity index (χ3v) is 3.79. The summed E-state index contributed by atoms with van der Waals surface area (Å²) in [6, 6.07) is 13.6. The highest BCUT2D eigenvalue weighted by molar-refractivity contribution is 6.04. The first-order valence-corrected chi connectivity index (χ1v) is 6.93. The molecule has 3 N–H and O–H groups in total. The number of H-pyrrole nitrogens is 1. The molecule has 0 aliphatic rings. The van der Waals surface area contributed by atoms with Gasteiger partial charge in [0, 0.05) is 28.2 Å². The molecule has 0 radical (unpaired) electrons. The molecule has 0 atom stereocenters. The van der Waals surface area contributed by atoms with Crippen molar-refractivity contribution in [3.63, 3.8) is 0 Å². The van der Waals surface area contributed by atoms with Crippen LogP contribution in [0.3, 0.4) is 0 Å². The Morgan fingerprint density at radius 1 is 1.09 bits per heavy atom. The van der Waals surface area contributed by atoms with Gasteiger partial charge in [-0.3, -0.25) is 10.1 Å². The van der Waals surface area contributed by atoms with Crippen LogP contribution in [0.4, 0.5) is 5.69 Å². The number of nitrogens with one attached hydrogen (secondary N) is 1. The van der Waals surface area contributed by atoms with Gasteiger partial charge in [0.2, 0.25) is 0 Å². The van der Waals surface area contributed by atoms with Crippen molar-refractivity contribution < 1.29 is 4.74 Å². The molecule has 108 valence electrons. The van der Waals surface area contributed by atoms with E-state index in [1.54, 1.807) is 13.3 Å². The monoisotopic (exact) mass is 290 g/mol. The molecule has 2 aromatic carbocycles. The van der Waals surface area contributed by atoms with Crippen LogP contribution in [0.1, 0.15) is 0 Å². The molecule has 0 fully saturated rings. The minimum Gasteiger partial charge on any atom is -0.494 e. The molecule has 4 rings (SSSR count). The lowest BCUT2D eigenvalue weighted by atomic mass is 10.0. The van der Waals surface area contributed by atoms with E-state index in [4.69, 9.17) is 10.5 Å². The van der Waals surface area contributed by atoms with Gasteiger partial charge in [0.15, 0.2) is 0 Å². The molecule has 2 aromatic heterocycles. The van der Waals surface area contributed by atoms with Crippen LogP contribution in [-0.2, 0) is 0 Å². The number of anilines is 1. The predicted molar refractivity (Wildman–Crippen MR) is 87.8 cm³/mol. The van der Waals surface area contributed by atoms with E-state index in [0.717, 1.165) is 38.8 Å². The maximum Gasteiger partial charge on any atom is 0.145 e. The van der Waals surface area contributed by atoms with E-state index < -0.39 is 0 Å². The van der Waals surface area contributed by atoms with Gasteiger partial charge in [0.05, 0.1) is 12.6 Å². The molecule has 0 unspecified atom stereocenters. The van der Waals surface area contributed by atoms with Crippen LogP contribution < -0.4 is 10.5 Å². The Morgan fingerprint density at radius 2 is 2.00 bits per heavy atom. The molecule has 0 aliphatic carbocycles. The van der Waals surface area contributed by atoms with E-state index in [-0.39, 0.29) is 0 Å². The van der Waals surface area contributed by atoms with Gasteiger partial charge in [-0.2, -0.15) is 5.10 Å².